The highest BCUT2D eigenvalue weighted by molar-refractivity contribution is 6.64. The lowest BCUT2D eigenvalue weighted by Gasteiger charge is -2.13. The molecule has 0 aliphatic rings. The van der Waals surface area contributed by atoms with Gasteiger partial charge >= 0.3 is 0 Å². The molecule has 0 aliphatic heterocycles. The zero-order valence-corrected chi connectivity index (χ0v) is 12.3. The summed E-state index contributed by atoms with van der Waals surface area (Å²) < 4.78 is 5.52. The summed E-state index contributed by atoms with van der Waals surface area (Å²) in [7, 11) is 0. The second-order valence-electron chi connectivity index (χ2n) is 4.86. The SMILES string of the molecule is CC(C)[C@H](CC=CCOCc1ccccc1)C(=O)Cl. The van der Waals surface area contributed by atoms with Crippen LogP contribution in [0.4, 0.5) is 0 Å². The van der Waals surface area contributed by atoms with Gasteiger partial charge in [0.2, 0.25) is 5.24 Å². The van der Waals surface area contributed by atoms with Crippen LogP contribution in [0.15, 0.2) is 42.5 Å². The smallest absolute Gasteiger partial charge is 0.225 e. The lowest BCUT2D eigenvalue weighted by molar-refractivity contribution is -0.116. The molecule has 0 bridgehead atoms. The zero-order valence-electron chi connectivity index (χ0n) is 11.5. The Labute approximate surface area is 120 Å². The van der Waals surface area contributed by atoms with Crippen molar-refractivity contribution in [2.75, 3.05) is 6.61 Å². The first-order valence-electron chi connectivity index (χ1n) is 6.57. The summed E-state index contributed by atoms with van der Waals surface area (Å²) in [6.07, 6.45) is 4.59. The van der Waals surface area contributed by atoms with E-state index in [-0.39, 0.29) is 17.1 Å². The second-order valence-corrected chi connectivity index (χ2v) is 5.23. The molecule has 0 N–H and O–H groups in total. The van der Waals surface area contributed by atoms with Crippen molar-refractivity contribution < 1.29 is 9.53 Å². The Morgan fingerprint density at radius 3 is 2.53 bits per heavy atom. The molecule has 1 rings (SSSR count). The van der Waals surface area contributed by atoms with E-state index >= 15 is 0 Å². The normalized spacial score (nSPS) is 13.1. The minimum Gasteiger partial charge on any atom is -0.373 e. The van der Waals surface area contributed by atoms with Gasteiger partial charge in [0.05, 0.1) is 13.2 Å². The van der Waals surface area contributed by atoms with Crippen molar-refractivity contribution in [1.29, 1.82) is 0 Å². The van der Waals surface area contributed by atoms with Crippen LogP contribution in [0, 0.1) is 11.8 Å². The van der Waals surface area contributed by atoms with Gasteiger partial charge in [0.25, 0.3) is 0 Å². The molecule has 1 atom stereocenters. The fourth-order valence-corrected chi connectivity index (χ4v) is 2.10. The summed E-state index contributed by atoms with van der Waals surface area (Å²) in [6, 6.07) is 10.0. The van der Waals surface area contributed by atoms with Gasteiger partial charge in [-0.2, -0.15) is 0 Å². The molecule has 0 unspecified atom stereocenters. The van der Waals surface area contributed by atoms with E-state index in [0.717, 1.165) is 5.56 Å². The number of hydrogen-bond acceptors (Lipinski definition) is 2. The average molecular weight is 281 g/mol. The summed E-state index contributed by atoms with van der Waals surface area (Å²) in [5.74, 6) is 0.159. The lowest BCUT2D eigenvalue weighted by atomic mass is 9.94. The van der Waals surface area contributed by atoms with E-state index < -0.39 is 0 Å². The monoisotopic (exact) mass is 280 g/mol. The quantitative estimate of drug-likeness (QED) is 0.405. The van der Waals surface area contributed by atoms with Crippen LogP contribution in [0.3, 0.4) is 0 Å². The third kappa shape index (κ3) is 6.55. The lowest BCUT2D eigenvalue weighted by Crippen LogP contribution is -2.14. The van der Waals surface area contributed by atoms with Crippen molar-refractivity contribution in [3.8, 4) is 0 Å². The molecule has 1 aromatic rings. The summed E-state index contributed by atoms with van der Waals surface area (Å²) in [5, 5.41) is -0.259. The van der Waals surface area contributed by atoms with Crippen LogP contribution in [0.25, 0.3) is 0 Å². The number of allylic oxidation sites excluding steroid dienone is 1. The van der Waals surface area contributed by atoms with Crippen LogP contribution in [0.1, 0.15) is 25.8 Å². The van der Waals surface area contributed by atoms with E-state index in [2.05, 4.69) is 0 Å². The van der Waals surface area contributed by atoms with Crippen LogP contribution in [-0.4, -0.2) is 11.8 Å². The average Bonchev–Trinajstić information content (AvgIpc) is 2.38. The summed E-state index contributed by atoms with van der Waals surface area (Å²) in [4.78, 5) is 11.2. The Bertz CT molecular complexity index is 398. The molecule has 0 amide bonds. The summed E-state index contributed by atoms with van der Waals surface area (Å²) in [6.45, 7) is 5.17. The Kier molecular flexibility index (Phi) is 7.46. The number of carbonyl (C=O) groups is 1. The first-order valence-corrected chi connectivity index (χ1v) is 6.95. The zero-order chi connectivity index (χ0) is 14.1. The Morgan fingerprint density at radius 1 is 1.26 bits per heavy atom. The molecular formula is C16H21ClO2. The summed E-state index contributed by atoms with van der Waals surface area (Å²) >= 11 is 5.55. The predicted octanol–water partition coefficient (Wildman–Crippen LogP) is 4.19. The standard InChI is InChI=1S/C16H21ClO2/c1-13(2)15(16(17)18)10-6-7-11-19-12-14-8-4-3-5-9-14/h3-9,13,15H,10-12H2,1-2H3/t15-/m0/s1. The fourth-order valence-electron chi connectivity index (χ4n) is 1.76. The third-order valence-electron chi connectivity index (χ3n) is 2.98. The fraction of sp³-hybridized carbons (Fsp3) is 0.438. The molecule has 1 aromatic carbocycles. The van der Waals surface area contributed by atoms with Crippen LogP contribution >= 0.6 is 11.6 Å². The van der Waals surface area contributed by atoms with Gasteiger partial charge in [0.1, 0.15) is 0 Å². The molecule has 104 valence electrons. The van der Waals surface area contributed by atoms with Crippen molar-refractivity contribution in [2.45, 2.75) is 26.9 Å². The third-order valence-corrected chi connectivity index (χ3v) is 3.26. The maximum atomic E-state index is 11.2. The number of rotatable bonds is 8. The van der Waals surface area contributed by atoms with Gasteiger partial charge in [0, 0.05) is 5.92 Å². The molecule has 2 nitrogen and oxygen atoms in total. The largest absolute Gasteiger partial charge is 0.373 e. The highest BCUT2D eigenvalue weighted by Crippen LogP contribution is 2.18. The van der Waals surface area contributed by atoms with E-state index in [1.165, 1.54) is 0 Å². The first-order chi connectivity index (χ1) is 9.11. The van der Waals surface area contributed by atoms with Gasteiger partial charge in [-0.05, 0) is 29.5 Å². The molecule has 0 saturated heterocycles. The van der Waals surface area contributed by atoms with Gasteiger partial charge < -0.3 is 4.74 Å². The second kappa shape index (κ2) is 8.89. The molecule has 0 aliphatic carbocycles. The molecule has 3 heteroatoms. The number of ether oxygens (including phenoxy) is 1. The van der Waals surface area contributed by atoms with Gasteiger partial charge in [-0.1, -0.05) is 56.3 Å². The van der Waals surface area contributed by atoms with E-state index in [0.29, 0.717) is 19.6 Å². The molecule has 0 heterocycles. The minimum atomic E-state index is -0.259. The van der Waals surface area contributed by atoms with Crippen LogP contribution in [0.2, 0.25) is 0 Å². The van der Waals surface area contributed by atoms with E-state index in [9.17, 15) is 4.79 Å². The van der Waals surface area contributed by atoms with Crippen molar-refractivity contribution >= 4 is 16.8 Å². The van der Waals surface area contributed by atoms with E-state index in [4.69, 9.17) is 16.3 Å². The van der Waals surface area contributed by atoms with Crippen LogP contribution < -0.4 is 0 Å². The number of carbonyl (C=O) groups excluding carboxylic acids is 1. The Balaban J connectivity index is 2.22. The molecular weight excluding hydrogens is 260 g/mol. The highest BCUT2D eigenvalue weighted by Gasteiger charge is 2.18. The van der Waals surface area contributed by atoms with Crippen molar-refractivity contribution in [3.05, 3.63) is 48.0 Å². The maximum absolute atomic E-state index is 11.2. The number of hydrogen-bond donors (Lipinski definition) is 0. The Morgan fingerprint density at radius 2 is 1.95 bits per heavy atom. The molecule has 0 spiro atoms. The van der Waals surface area contributed by atoms with Gasteiger partial charge in [-0.25, -0.2) is 0 Å². The van der Waals surface area contributed by atoms with Gasteiger partial charge in [-0.3, -0.25) is 4.79 Å². The van der Waals surface area contributed by atoms with Gasteiger partial charge in [0.15, 0.2) is 0 Å². The number of halogens is 1. The van der Waals surface area contributed by atoms with Crippen LogP contribution in [-0.2, 0) is 16.1 Å². The first kappa shape index (κ1) is 15.9. The maximum Gasteiger partial charge on any atom is 0.225 e. The summed E-state index contributed by atoms with van der Waals surface area (Å²) in [5.41, 5.74) is 1.16. The molecule has 0 fully saturated rings. The van der Waals surface area contributed by atoms with Gasteiger partial charge in [-0.15, -0.1) is 0 Å². The van der Waals surface area contributed by atoms with E-state index in [1.54, 1.807) is 0 Å². The Hall–Kier alpha value is -1.12. The van der Waals surface area contributed by atoms with Crippen molar-refractivity contribution in [1.82, 2.24) is 0 Å². The van der Waals surface area contributed by atoms with Crippen molar-refractivity contribution in [2.24, 2.45) is 11.8 Å². The molecule has 0 radical (unpaired) electrons. The predicted molar refractivity (Wildman–Crippen MR) is 79.0 cm³/mol. The topological polar surface area (TPSA) is 26.3 Å². The molecule has 0 saturated carbocycles. The van der Waals surface area contributed by atoms with E-state index in [1.807, 2.05) is 56.3 Å². The van der Waals surface area contributed by atoms with Crippen LogP contribution in [0.5, 0.6) is 0 Å². The molecule has 19 heavy (non-hydrogen) atoms. The minimum absolute atomic E-state index is 0.105. The van der Waals surface area contributed by atoms with Crippen molar-refractivity contribution in [3.63, 3.8) is 0 Å². The number of benzene rings is 1. The highest BCUT2D eigenvalue weighted by atomic mass is 35.5. The molecule has 0 aromatic heterocycles.